The Labute approximate surface area is 240 Å². The molecule has 2 aromatic carbocycles. The maximum Gasteiger partial charge on any atom is 0.337 e. The van der Waals surface area contributed by atoms with Crippen molar-refractivity contribution in [3.63, 3.8) is 0 Å². The van der Waals surface area contributed by atoms with Crippen molar-refractivity contribution in [2.24, 2.45) is 4.99 Å². The summed E-state index contributed by atoms with van der Waals surface area (Å²) < 4.78 is 29.5. The molecule has 0 saturated carbocycles. The second-order valence-electron chi connectivity index (χ2n) is 8.38. The summed E-state index contributed by atoms with van der Waals surface area (Å²) in [5.41, 5.74) is 1.14. The molecule has 0 radical (unpaired) electrons. The molecule has 3 aromatic rings. The van der Waals surface area contributed by atoms with Crippen LogP contribution in [0.4, 0.5) is 0 Å². The minimum Gasteiger partial charge on any atom is -0.493 e. The molecule has 2 heterocycles. The summed E-state index contributed by atoms with van der Waals surface area (Å²) in [5, 5.41) is 0.323. The van der Waals surface area contributed by atoms with Gasteiger partial charge in [-0.1, -0.05) is 41.7 Å². The molecule has 1 aliphatic rings. The summed E-state index contributed by atoms with van der Waals surface area (Å²) in [4.78, 5) is 31.5. The number of ether oxygens (including phenoxy) is 5. The van der Waals surface area contributed by atoms with Crippen LogP contribution in [0.25, 0.3) is 6.08 Å². The fourth-order valence-corrected chi connectivity index (χ4v) is 5.49. The summed E-state index contributed by atoms with van der Waals surface area (Å²) in [7, 11) is 2.79. The smallest absolute Gasteiger partial charge is 0.337 e. The normalized spacial score (nSPS) is 14.5. The Morgan fingerprint density at radius 2 is 1.85 bits per heavy atom. The molecular formula is C29H29ClN2O7S. The van der Waals surface area contributed by atoms with Crippen LogP contribution in [0.3, 0.4) is 0 Å². The summed E-state index contributed by atoms with van der Waals surface area (Å²) in [6.45, 7) is 8.52. The molecule has 1 atom stereocenters. The predicted octanol–water partition coefficient (Wildman–Crippen LogP) is 4.04. The molecule has 40 heavy (non-hydrogen) atoms. The molecule has 4 rings (SSSR count). The zero-order chi connectivity index (χ0) is 28.8. The topological polar surface area (TPSA) is 97.6 Å². The lowest BCUT2D eigenvalue weighted by atomic mass is 9.97. The number of halogens is 1. The third kappa shape index (κ3) is 5.78. The van der Waals surface area contributed by atoms with Gasteiger partial charge in [0, 0.05) is 6.20 Å². The Bertz CT molecular complexity index is 1640. The van der Waals surface area contributed by atoms with E-state index >= 15 is 0 Å². The number of aromatic nitrogens is 1. The van der Waals surface area contributed by atoms with Crippen LogP contribution in [-0.2, 0) is 9.53 Å². The van der Waals surface area contributed by atoms with Gasteiger partial charge in [-0.3, -0.25) is 9.36 Å². The van der Waals surface area contributed by atoms with Crippen LogP contribution in [0, 0.1) is 0 Å². The third-order valence-corrected chi connectivity index (χ3v) is 7.18. The lowest BCUT2D eigenvalue weighted by molar-refractivity contribution is -0.136. The quantitative estimate of drug-likeness (QED) is 0.248. The lowest BCUT2D eigenvalue weighted by Crippen LogP contribution is -2.39. The van der Waals surface area contributed by atoms with Crippen LogP contribution < -0.4 is 33.8 Å². The van der Waals surface area contributed by atoms with Crippen molar-refractivity contribution in [1.82, 2.24) is 4.57 Å². The molecule has 210 valence electrons. The molecule has 0 fully saturated rings. The van der Waals surface area contributed by atoms with E-state index in [0.29, 0.717) is 61.7 Å². The average Bonchev–Trinajstić information content (AvgIpc) is 3.27. The number of benzene rings is 2. The van der Waals surface area contributed by atoms with Gasteiger partial charge in [0.15, 0.2) is 27.8 Å². The highest BCUT2D eigenvalue weighted by atomic mass is 35.5. The highest BCUT2D eigenvalue weighted by Crippen LogP contribution is 2.37. The van der Waals surface area contributed by atoms with Crippen LogP contribution in [-0.4, -0.2) is 44.6 Å². The molecule has 0 saturated heterocycles. The van der Waals surface area contributed by atoms with E-state index in [0.717, 1.165) is 0 Å². The van der Waals surface area contributed by atoms with Crippen LogP contribution in [0.15, 0.2) is 64.5 Å². The number of fused-ring (bicyclic) bond motifs is 1. The van der Waals surface area contributed by atoms with Crippen molar-refractivity contribution in [1.29, 1.82) is 0 Å². The summed E-state index contributed by atoms with van der Waals surface area (Å²) in [6.07, 6.45) is 4.73. The minimum atomic E-state index is -0.798. The Kier molecular flexibility index (Phi) is 9.34. The van der Waals surface area contributed by atoms with E-state index in [1.165, 1.54) is 36.3 Å². The molecule has 1 aliphatic heterocycles. The lowest BCUT2D eigenvalue weighted by Gasteiger charge is -2.23. The van der Waals surface area contributed by atoms with Gasteiger partial charge in [-0.05, 0) is 55.3 Å². The maximum absolute atomic E-state index is 13.8. The highest BCUT2D eigenvalue weighted by molar-refractivity contribution is 7.07. The second-order valence-corrected chi connectivity index (χ2v) is 9.80. The van der Waals surface area contributed by atoms with Gasteiger partial charge in [0.05, 0.1) is 48.6 Å². The zero-order valence-electron chi connectivity index (χ0n) is 22.6. The van der Waals surface area contributed by atoms with Crippen molar-refractivity contribution in [2.45, 2.75) is 19.9 Å². The Balaban J connectivity index is 1.87. The average molecular weight is 585 g/mol. The number of hydrogen-bond acceptors (Lipinski definition) is 9. The Morgan fingerprint density at radius 3 is 2.52 bits per heavy atom. The SMILES string of the molecule is C=CCOc1c(Cl)cc(/C=c2\sc3n(c2=O)[C@@H](c2ccc(OCC)c(OCC)c2)C(C(=O)OC)=CN=3)cc1OC. The van der Waals surface area contributed by atoms with Crippen LogP contribution in [0.1, 0.15) is 31.0 Å². The van der Waals surface area contributed by atoms with E-state index in [4.69, 9.17) is 35.3 Å². The van der Waals surface area contributed by atoms with Gasteiger partial charge in [0.25, 0.3) is 5.56 Å². The van der Waals surface area contributed by atoms with Crippen molar-refractivity contribution >= 4 is 35.0 Å². The van der Waals surface area contributed by atoms with E-state index in [1.54, 1.807) is 42.5 Å². The van der Waals surface area contributed by atoms with Crippen LogP contribution in [0.2, 0.25) is 5.02 Å². The van der Waals surface area contributed by atoms with E-state index in [-0.39, 0.29) is 17.7 Å². The molecule has 9 nitrogen and oxygen atoms in total. The van der Waals surface area contributed by atoms with Gasteiger partial charge in [-0.25, -0.2) is 9.79 Å². The first-order valence-electron chi connectivity index (χ1n) is 12.5. The van der Waals surface area contributed by atoms with E-state index in [2.05, 4.69) is 11.6 Å². The fourth-order valence-electron chi connectivity index (χ4n) is 4.24. The largest absolute Gasteiger partial charge is 0.493 e. The van der Waals surface area contributed by atoms with Crippen molar-refractivity contribution in [3.8, 4) is 23.0 Å². The number of nitrogens with zero attached hydrogens (tertiary/aromatic N) is 2. The van der Waals surface area contributed by atoms with Gasteiger partial charge >= 0.3 is 5.97 Å². The fraction of sp³-hybridized carbons (Fsp3) is 0.276. The molecule has 0 spiro atoms. The molecule has 0 aliphatic carbocycles. The molecule has 0 amide bonds. The standard InChI is InChI=1S/C29H29ClN2O7S/c1-6-11-39-26-20(30)12-17(13-23(26)35-4)14-24-27(33)32-25(19(28(34)36-5)16-31-29(32)40-24)18-9-10-21(37-7-2)22(15-18)38-8-3/h6,9-10,12-16,25H,1,7-8,11H2,2-5H3/b24-14-/t25-/m0/s1. The van der Waals surface area contributed by atoms with Crippen molar-refractivity contribution in [2.75, 3.05) is 34.0 Å². The van der Waals surface area contributed by atoms with Crippen LogP contribution in [0.5, 0.6) is 23.0 Å². The number of hydrogen-bond donors (Lipinski definition) is 0. The first-order chi connectivity index (χ1) is 19.4. The van der Waals surface area contributed by atoms with Crippen molar-refractivity contribution in [3.05, 3.63) is 90.6 Å². The molecule has 0 bridgehead atoms. The number of carbonyl (C=O) groups is 1. The van der Waals surface area contributed by atoms with E-state index in [9.17, 15) is 9.59 Å². The molecular weight excluding hydrogens is 556 g/mol. The molecule has 0 N–H and O–H groups in total. The number of methoxy groups -OCH3 is 2. The van der Waals surface area contributed by atoms with E-state index < -0.39 is 12.0 Å². The third-order valence-electron chi connectivity index (χ3n) is 5.90. The number of thiazole rings is 1. The first kappa shape index (κ1) is 29.0. The number of rotatable bonds is 11. The number of esters is 1. The minimum absolute atomic E-state index is 0.210. The van der Waals surface area contributed by atoms with Gasteiger partial charge in [-0.15, -0.1) is 0 Å². The summed E-state index contributed by atoms with van der Waals surface area (Å²) in [6, 6.07) is 7.93. The van der Waals surface area contributed by atoms with Crippen LogP contribution >= 0.6 is 22.9 Å². The second kappa shape index (κ2) is 12.9. The van der Waals surface area contributed by atoms with E-state index in [1.807, 2.05) is 13.8 Å². The monoisotopic (exact) mass is 584 g/mol. The summed E-state index contributed by atoms with van der Waals surface area (Å²) in [5.74, 6) is 1.27. The number of carbonyl (C=O) groups excluding carboxylic acids is 1. The van der Waals surface area contributed by atoms with Gasteiger partial charge < -0.3 is 23.7 Å². The highest BCUT2D eigenvalue weighted by Gasteiger charge is 2.31. The van der Waals surface area contributed by atoms with Gasteiger partial charge in [0.1, 0.15) is 6.61 Å². The molecule has 11 heteroatoms. The predicted molar refractivity (Wildman–Crippen MR) is 154 cm³/mol. The van der Waals surface area contributed by atoms with Crippen molar-refractivity contribution < 1.29 is 28.5 Å². The Hall–Kier alpha value is -4.02. The van der Waals surface area contributed by atoms with Gasteiger partial charge in [0.2, 0.25) is 0 Å². The zero-order valence-corrected chi connectivity index (χ0v) is 24.1. The summed E-state index contributed by atoms with van der Waals surface area (Å²) >= 11 is 7.65. The molecule has 1 aromatic heterocycles. The molecule has 0 unspecified atom stereocenters. The Morgan fingerprint density at radius 1 is 1.10 bits per heavy atom. The van der Waals surface area contributed by atoms with Gasteiger partial charge in [-0.2, -0.15) is 0 Å². The maximum atomic E-state index is 13.8. The first-order valence-corrected chi connectivity index (χ1v) is 13.7.